The van der Waals surface area contributed by atoms with Gasteiger partial charge in [0.15, 0.2) is 5.96 Å². The molecule has 0 aliphatic carbocycles. The molecule has 27 heavy (non-hydrogen) atoms. The highest BCUT2D eigenvalue weighted by atomic mass is 127. The summed E-state index contributed by atoms with van der Waals surface area (Å²) in [5.41, 5.74) is 0.0287. The Labute approximate surface area is 180 Å². The number of nitrogens with zero attached hydrogens (tertiary/aromatic N) is 5. The van der Waals surface area contributed by atoms with E-state index < -0.39 is 0 Å². The third-order valence-electron chi connectivity index (χ3n) is 4.39. The lowest BCUT2D eigenvalue weighted by Gasteiger charge is -2.11. The number of fused-ring (bicyclic) bond motifs is 1. The van der Waals surface area contributed by atoms with E-state index in [9.17, 15) is 4.79 Å². The summed E-state index contributed by atoms with van der Waals surface area (Å²) in [6.07, 6.45) is 6.72. The number of halogens is 1. The number of aliphatic imine (C=N–C) groups is 1. The smallest absolute Gasteiger partial charge is 0.345 e. The van der Waals surface area contributed by atoms with E-state index in [0.717, 1.165) is 68.5 Å². The van der Waals surface area contributed by atoms with E-state index in [1.54, 1.807) is 23.1 Å². The molecule has 2 aromatic heterocycles. The molecule has 0 spiro atoms. The van der Waals surface area contributed by atoms with Gasteiger partial charge in [-0.05, 0) is 26.2 Å². The molecule has 0 fully saturated rings. The zero-order valence-electron chi connectivity index (χ0n) is 15.9. The zero-order chi connectivity index (χ0) is 18.4. The fourth-order valence-electron chi connectivity index (χ4n) is 3.06. The molecular formula is C17H28IN7OS. The van der Waals surface area contributed by atoms with Crippen molar-refractivity contribution in [3.8, 4) is 0 Å². The van der Waals surface area contributed by atoms with Gasteiger partial charge < -0.3 is 10.6 Å². The molecule has 0 radical (unpaired) electrons. The molecule has 0 saturated heterocycles. The lowest BCUT2D eigenvalue weighted by molar-refractivity contribution is 0.509. The molecule has 0 bridgehead atoms. The second-order valence-corrected chi connectivity index (χ2v) is 7.74. The number of aromatic nitrogens is 4. The number of hydrogen-bond donors (Lipinski definition) is 2. The number of nitrogens with one attached hydrogen (secondary N) is 2. The topological polar surface area (TPSA) is 89.1 Å². The molecule has 0 atom stereocenters. The summed E-state index contributed by atoms with van der Waals surface area (Å²) in [7, 11) is 1.76. The van der Waals surface area contributed by atoms with Gasteiger partial charge in [-0.15, -0.1) is 35.3 Å². The predicted molar refractivity (Wildman–Crippen MR) is 119 cm³/mol. The minimum Gasteiger partial charge on any atom is -0.356 e. The van der Waals surface area contributed by atoms with Gasteiger partial charge in [-0.3, -0.25) is 9.56 Å². The number of thiazole rings is 1. The molecule has 0 aromatic carbocycles. The summed E-state index contributed by atoms with van der Waals surface area (Å²) >= 11 is 1.73. The molecule has 0 saturated carbocycles. The van der Waals surface area contributed by atoms with E-state index in [-0.39, 0.29) is 29.7 Å². The highest BCUT2D eigenvalue weighted by molar-refractivity contribution is 14.0. The normalized spacial score (nSPS) is 13.8. The van der Waals surface area contributed by atoms with Gasteiger partial charge in [-0.1, -0.05) is 0 Å². The Balaban J connectivity index is 0.00000261. The monoisotopic (exact) mass is 505 g/mol. The summed E-state index contributed by atoms with van der Waals surface area (Å²) in [5, 5.41) is 12.2. The van der Waals surface area contributed by atoms with Crippen molar-refractivity contribution in [1.29, 1.82) is 0 Å². The second-order valence-electron chi connectivity index (χ2n) is 6.42. The van der Waals surface area contributed by atoms with Crippen LogP contribution in [0.3, 0.4) is 0 Å². The van der Waals surface area contributed by atoms with Gasteiger partial charge in [0.1, 0.15) is 5.82 Å². The van der Waals surface area contributed by atoms with Gasteiger partial charge in [0, 0.05) is 57.1 Å². The predicted octanol–water partition coefficient (Wildman–Crippen LogP) is 1.56. The Kier molecular flexibility index (Phi) is 8.74. The molecule has 0 unspecified atom stereocenters. The summed E-state index contributed by atoms with van der Waals surface area (Å²) in [6.45, 7) is 5.03. The van der Waals surface area contributed by atoms with Crippen molar-refractivity contribution in [2.75, 3.05) is 20.1 Å². The maximum absolute atomic E-state index is 12.3. The molecule has 150 valence electrons. The zero-order valence-corrected chi connectivity index (χ0v) is 19.0. The molecule has 1 aliphatic heterocycles. The van der Waals surface area contributed by atoms with Crippen LogP contribution in [0.1, 0.15) is 35.0 Å². The van der Waals surface area contributed by atoms with Gasteiger partial charge in [0.2, 0.25) is 0 Å². The first-order valence-corrected chi connectivity index (χ1v) is 10.0. The van der Waals surface area contributed by atoms with Crippen molar-refractivity contribution in [2.45, 2.75) is 52.1 Å². The highest BCUT2D eigenvalue weighted by Gasteiger charge is 2.16. The molecule has 1 aliphatic rings. The molecule has 2 N–H and O–H groups in total. The van der Waals surface area contributed by atoms with Gasteiger partial charge in [-0.2, -0.15) is 5.10 Å². The SMILES string of the molecule is CN=C(NCCCn1nc2n(c1=O)CCCC2)NCCc1ncc(C)s1.I. The first kappa shape index (κ1) is 21.9. The van der Waals surface area contributed by atoms with E-state index in [4.69, 9.17) is 0 Å². The van der Waals surface area contributed by atoms with Gasteiger partial charge >= 0.3 is 5.69 Å². The average molecular weight is 505 g/mol. The summed E-state index contributed by atoms with van der Waals surface area (Å²) in [5.74, 6) is 1.71. The summed E-state index contributed by atoms with van der Waals surface area (Å²) in [4.78, 5) is 22.1. The maximum atomic E-state index is 12.3. The van der Waals surface area contributed by atoms with Crippen molar-refractivity contribution in [1.82, 2.24) is 30.0 Å². The highest BCUT2D eigenvalue weighted by Crippen LogP contribution is 2.11. The fraction of sp³-hybridized carbons (Fsp3) is 0.647. The van der Waals surface area contributed by atoms with E-state index in [1.165, 1.54) is 4.88 Å². The Hall–Kier alpha value is -1.43. The molecule has 3 heterocycles. The Bertz CT molecular complexity index is 811. The molecule has 3 rings (SSSR count). The third kappa shape index (κ3) is 6.03. The van der Waals surface area contributed by atoms with Crippen LogP contribution in [0.2, 0.25) is 0 Å². The van der Waals surface area contributed by atoms with Crippen LogP contribution in [0.15, 0.2) is 16.0 Å². The maximum Gasteiger partial charge on any atom is 0.345 e. The van der Waals surface area contributed by atoms with Gasteiger partial charge in [-0.25, -0.2) is 14.5 Å². The van der Waals surface area contributed by atoms with Crippen molar-refractivity contribution >= 4 is 41.3 Å². The number of hydrogen-bond acceptors (Lipinski definition) is 5. The van der Waals surface area contributed by atoms with E-state index >= 15 is 0 Å². The van der Waals surface area contributed by atoms with Crippen LogP contribution >= 0.6 is 35.3 Å². The minimum atomic E-state index is 0. The quantitative estimate of drug-likeness (QED) is 0.258. The number of guanidine groups is 1. The fourth-order valence-corrected chi connectivity index (χ4v) is 3.84. The second kappa shape index (κ2) is 10.8. The Morgan fingerprint density at radius 3 is 2.85 bits per heavy atom. The van der Waals surface area contributed by atoms with Crippen LogP contribution in [0.5, 0.6) is 0 Å². The average Bonchev–Trinajstić information content (AvgIpc) is 3.21. The van der Waals surface area contributed by atoms with Crippen LogP contribution in [0, 0.1) is 6.92 Å². The lowest BCUT2D eigenvalue weighted by Crippen LogP contribution is -2.39. The number of aryl methyl sites for hydroxylation is 3. The van der Waals surface area contributed by atoms with Crippen molar-refractivity contribution in [3.05, 3.63) is 32.4 Å². The summed E-state index contributed by atoms with van der Waals surface area (Å²) in [6, 6.07) is 0. The first-order valence-electron chi connectivity index (χ1n) is 9.19. The first-order chi connectivity index (χ1) is 12.7. The Morgan fingerprint density at radius 2 is 2.15 bits per heavy atom. The van der Waals surface area contributed by atoms with Crippen LogP contribution < -0.4 is 16.3 Å². The van der Waals surface area contributed by atoms with E-state index in [2.05, 4.69) is 32.6 Å². The van der Waals surface area contributed by atoms with Crippen LogP contribution in [0.4, 0.5) is 0 Å². The largest absolute Gasteiger partial charge is 0.356 e. The molecule has 0 amide bonds. The molecular weight excluding hydrogens is 477 g/mol. The van der Waals surface area contributed by atoms with Gasteiger partial charge in [0.25, 0.3) is 0 Å². The molecule has 8 nitrogen and oxygen atoms in total. The molecule has 2 aromatic rings. The standard InChI is InChI=1S/C17H27N7OS.HI/c1-13-12-21-15(26-13)7-9-20-16(18-2)19-8-5-11-24-17(25)23-10-4-3-6-14(23)22-24;/h12H,3-11H2,1-2H3,(H2,18,19,20);1H. The van der Waals surface area contributed by atoms with Crippen molar-refractivity contribution in [3.63, 3.8) is 0 Å². The van der Waals surface area contributed by atoms with Crippen LogP contribution in [-0.2, 0) is 25.9 Å². The van der Waals surface area contributed by atoms with Crippen LogP contribution in [0.25, 0.3) is 0 Å². The Morgan fingerprint density at radius 1 is 1.33 bits per heavy atom. The third-order valence-corrected chi connectivity index (χ3v) is 5.37. The summed E-state index contributed by atoms with van der Waals surface area (Å²) < 4.78 is 3.42. The lowest BCUT2D eigenvalue weighted by atomic mass is 10.2. The van der Waals surface area contributed by atoms with Crippen molar-refractivity contribution in [2.24, 2.45) is 4.99 Å². The number of rotatable bonds is 7. The molecule has 10 heteroatoms. The van der Waals surface area contributed by atoms with Crippen LogP contribution in [-0.4, -0.2) is 45.4 Å². The van der Waals surface area contributed by atoms with E-state index in [0.29, 0.717) is 6.54 Å². The van der Waals surface area contributed by atoms with Crippen molar-refractivity contribution < 1.29 is 0 Å². The van der Waals surface area contributed by atoms with E-state index in [1.807, 2.05) is 10.8 Å². The van der Waals surface area contributed by atoms with Gasteiger partial charge in [0.05, 0.1) is 5.01 Å². The minimum absolute atomic E-state index is 0.